The Bertz CT molecular complexity index is 1120. The molecule has 2 aromatic rings. The largest absolute Gasteiger partial charge is 0.573 e. The van der Waals surface area contributed by atoms with Gasteiger partial charge in [-0.2, -0.15) is 0 Å². The topological polar surface area (TPSA) is 54.5 Å². The van der Waals surface area contributed by atoms with Crippen LogP contribution in [0.3, 0.4) is 0 Å². The van der Waals surface area contributed by atoms with Gasteiger partial charge in [0, 0.05) is 31.1 Å². The third-order valence-corrected chi connectivity index (χ3v) is 5.59. The Labute approximate surface area is 190 Å². The second-order valence-electron chi connectivity index (χ2n) is 8.01. The number of hydrogen-bond acceptors (Lipinski definition) is 4. The van der Waals surface area contributed by atoms with E-state index < -0.39 is 6.36 Å². The number of aromatic nitrogens is 1. The number of nitrogens with zero attached hydrogens (tertiary/aromatic N) is 2. The standard InChI is InChI=1S/C25H24F3N3O2/c1-17-7-9-21-14-18(16-29-24(21)30-17)8-10-23(32)31-12-3-5-19(11-13-31)20-4-2-6-22(15-20)33-25(26,27)28/h2,4-6,8,10,14-16H,1,3,7,9,11-13H2,(H,29,30)/b10-8+. The number of alkyl halides is 3. The summed E-state index contributed by atoms with van der Waals surface area (Å²) in [5.74, 6) is 0.452. The molecule has 2 aliphatic rings. The molecule has 33 heavy (non-hydrogen) atoms. The lowest BCUT2D eigenvalue weighted by molar-refractivity contribution is -0.274. The van der Waals surface area contributed by atoms with Crippen LogP contribution in [0.4, 0.5) is 19.0 Å². The van der Waals surface area contributed by atoms with Gasteiger partial charge in [-0.05, 0) is 72.2 Å². The highest BCUT2D eigenvalue weighted by molar-refractivity contribution is 5.92. The van der Waals surface area contributed by atoms with Gasteiger partial charge in [-0.15, -0.1) is 13.2 Å². The van der Waals surface area contributed by atoms with Crippen molar-refractivity contribution in [1.29, 1.82) is 0 Å². The number of carbonyl (C=O) groups is 1. The van der Waals surface area contributed by atoms with E-state index in [1.165, 1.54) is 18.2 Å². The molecule has 1 N–H and O–H groups in total. The smallest absolute Gasteiger partial charge is 0.406 e. The van der Waals surface area contributed by atoms with Crippen LogP contribution in [0, 0.1) is 0 Å². The highest BCUT2D eigenvalue weighted by atomic mass is 19.4. The van der Waals surface area contributed by atoms with Crippen molar-refractivity contribution >= 4 is 23.4 Å². The maximum Gasteiger partial charge on any atom is 0.573 e. The van der Waals surface area contributed by atoms with Crippen LogP contribution in [0.1, 0.15) is 36.0 Å². The molecule has 0 radical (unpaired) electrons. The first-order valence-electron chi connectivity index (χ1n) is 10.7. The number of benzene rings is 1. The van der Waals surface area contributed by atoms with Crippen molar-refractivity contribution in [3.63, 3.8) is 0 Å². The highest BCUT2D eigenvalue weighted by Gasteiger charge is 2.31. The van der Waals surface area contributed by atoms with Gasteiger partial charge in [-0.3, -0.25) is 4.79 Å². The number of fused-ring (bicyclic) bond motifs is 1. The van der Waals surface area contributed by atoms with Crippen molar-refractivity contribution in [2.24, 2.45) is 0 Å². The fourth-order valence-electron chi connectivity index (χ4n) is 3.95. The van der Waals surface area contributed by atoms with E-state index in [0.29, 0.717) is 31.5 Å². The molecule has 2 aliphatic heterocycles. The first-order chi connectivity index (χ1) is 15.8. The average molecular weight is 455 g/mol. The third kappa shape index (κ3) is 6.03. The fourth-order valence-corrected chi connectivity index (χ4v) is 3.95. The summed E-state index contributed by atoms with van der Waals surface area (Å²) in [4.78, 5) is 18.9. The summed E-state index contributed by atoms with van der Waals surface area (Å²) in [6.45, 7) is 4.95. The normalized spacial score (nSPS) is 16.6. The fraction of sp³-hybridized carbons (Fsp3) is 0.280. The van der Waals surface area contributed by atoms with E-state index >= 15 is 0 Å². The molecule has 0 atom stereocenters. The number of rotatable bonds is 4. The monoisotopic (exact) mass is 455 g/mol. The summed E-state index contributed by atoms with van der Waals surface area (Å²) in [6.07, 6.45) is 5.14. The van der Waals surface area contributed by atoms with E-state index in [-0.39, 0.29) is 11.7 Å². The predicted octanol–water partition coefficient (Wildman–Crippen LogP) is 5.57. The van der Waals surface area contributed by atoms with Crippen molar-refractivity contribution < 1.29 is 22.7 Å². The molecule has 8 heteroatoms. The molecule has 3 heterocycles. The summed E-state index contributed by atoms with van der Waals surface area (Å²) in [6, 6.07) is 7.95. The van der Waals surface area contributed by atoms with Gasteiger partial charge < -0.3 is 15.0 Å². The molecule has 1 amide bonds. The van der Waals surface area contributed by atoms with Gasteiger partial charge in [-0.1, -0.05) is 24.8 Å². The molecular formula is C25H24F3N3O2. The third-order valence-electron chi connectivity index (χ3n) is 5.59. The van der Waals surface area contributed by atoms with E-state index in [1.807, 2.05) is 12.1 Å². The van der Waals surface area contributed by atoms with Crippen molar-refractivity contribution in [3.05, 3.63) is 77.6 Å². The number of allylic oxidation sites excluding steroid dienone is 1. The highest BCUT2D eigenvalue weighted by Crippen LogP contribution is 2.29. The van der Waals surface area contributed by atoms with Gasteiger partial charge >= 0.3 is 6.36 Å². The molecular weight excluding hydrogens is 431 g/mol. The molecule has 0 fully saturated rings. The summed E-state index contributed by atoms with van der Waals surface area (Å²) < 4.78 is 41.6. The van der Waals surface area contributed by atoms with Gasteiger partial charge in [-0.25, -0.2) is 4.98 Å². The number of carbonyl (C=O) groups excluding carboxylic acids is 1. The van der Waals surface area contributed by atoms with Crippen molar-refractivity contribution in [2.75, 3.05) is 18.4 Å². The quantitative estimate of drug-likeness (QED) is 0.613. The number of anilines is 1. The van der Waals surface area contributed by atoms with Crippen LogP contribution in [-0.2, 0) is 11.2 Å². The van der Waals surface area contributed by atoms with Gasteiger partial charge in [0.2, 0.25) is 5.91 Å². The summed E-state index contributed by atoms with van der Waals surface area (Å²) >= 11 is 0. The Morgan fingerprint density at radius 1 is 1.18 bits per heavy atom. The molecule has 0 saturated carbocycles. The van der Waals surface area contributed by atoms with E-state index in [9.17, 15) is 18.0 Å². The zero-order chi connectivity index (χ0) is 23.4. The zero-order valence-corrected chi connectivity index (χ0v) is 18.0. The summed E-state index contributed by atoms with van der Waals surface area (Å²) in [5, 5.41) is 3.17. The summed E-state index contributed by atoms with van der Waals surface area (Å²) in [7, 11) is 0. The molecule has 0 saturated heterocycles. The number of aryl methyl sites for hydroxylation is 1. The lowest BCUT2D eigenvalue weighted by Crippen LogP contribution is -2.30. The minimum Gasteiger partial charge on any atom is -0.406 e. The molecule has 1 aromatic heterocycles. The van der Waals surface area contributed by atoms with Gasteiger partial charge in [0.15, 0.2) is 0 Å². The molecule has 5 nitrogen and oxygen atoms in total. The molecule has 0 aliphatic carbocycles. The van der Waals surface area contributed by atoms with Crippen LogP contribution in [0.5, 0.6) is 5.75 Å². The average Bonchev–Trinajstić information content (AvgIpc) is 3.03. The second kappa shape index (κ2) is 9.52. The minimum atomic E-state index is -4.73. The number of ether oxygens (including phenoxy) is 1. The Morgan fingerprint density at radius 3 is 2.85 bits per heavy atom. The van der Waals surface area contributed by atoms with Crippen LogP contribution < -0.4 is 10.1 Å². The van der Waals surface area contributed by atoms with Gasteiger partial charge in [0.1, 0.15) is 11.6 Å². The van der Waals surface area contributed by atoms with Crippen LogP contribution in [0.15, 0.2) is 61.0 Å². The van der Waals surface area contributed by atoms with Gasteiger partial charge in [0.05, 0.1) is 0 Å². The number of pyridine rings is 1. The minimum absolute atomic E-state index is 0.108. The first kappa shape index (κ1) is 22.6. The Hall–Kier alpha value is -3.55. The molecule has 4 rings (SSSR count). The number of halogens is 3. The molecule has 172 valence electrons. The van der Waals surface area contributed by atoms with E-state index in [0.717, 1.165) is 41.1 Å². The van der Waals surface area contributed by atoms with E-state index in [2.05, 4.69) is 21.6 Å². The lowest BCUT2D eigenvalue weighted by atomic mass is 10.0. The molecule has 1 aromatic carbocycles. The molecule has 0 unspecified atom stereocenters. The lowest BCUT2D eigenvalue weighted by Gasteiger charge is -2.19. The first-order valence-corrected chi connectivity index (χ1v) is 10.7. The predicted molar refractivity (Wildman–Crippen MR) is 121 cm³/mol. The van der Waals surface area contributed by atoms with E-state index in [4.69, 9.17) is 0 Å². The van der Waals surface area contributed by atoms with Gasteiger partial charge in [0.25, 0.3) is 0 Å². The second-order valence-corrected chi connectivity index (χ2v) is 8.01. The van der Waals surface area contributed by atoms with Crippen molar-refractivity contribution in [2.45, 2.75) is 32.0 Å². The van der Waals surface area contributed by atoms with Crippen LogP contribution >= 0.6 is 0 Å². The zero-order valence-electron chi connectivity index (χ0n) is 18.0. The van der Waals surface area contributed by atoms with E-state index in [1.54, 1.807) is 29.3 Å². The maximum absolute atomic E-state index is 12.7. The van der Waals surface area contributed by atoms with Crippen molar-refractivity contribution in [1.82, 2.24) is 9.88 Å². The Kier molecular flexibility index (Phi) is 6.53. The van der Waals surface area contributed by atoms with Crippen LogP contribution in [0.25, 0.3) is 11.6 Å². The number of amides is 1. The van der Waals surface area contributed by atoms with Crippen LogP contribution in [-0.4, -0.2) is 35.2 Å². The maximum atomic E-state index is 12.7. The number of hydrogen-bond donors (Lipinski definition) is 1. The summed E-state index contributed by atoms with van der Waals surface area (Å²) in [5.41, 5.74) is 4.46. The van der Waals surface area contributed by atoms with Crippen LogP contribution in [0.2, 0.25) is 0 Å². The van der Waals surface area contributed by atoms with Crippen molar-refractivity contribution in [3.8, 4) is 5.75 Å². The SMILES string of the molecule is C=C1CCc2cc(/C=C/C(=O)N3CCC=C(c4cccc(OC(F)(F)F)c4)CC3)cnc2N1. The molecule has 0 spiro atoms. The number of nitrogens with one attached hydrogen (secondary N) is 1. The Morgan fingerprint density at radius 2 is 2.03 bits per heavy atom. The molecule has 0 bridgehead atoms. The Balaban J connectivity index is 1.37.